The van der Waals surface area contributed by atoms with Gasteiger partial charge in [-0.1, -0.05) is 13.0 Å². The van der Waals surface area contributed by atoms with Gasteiger partial charge in [-0.3, -0.25) is 33.6 Å². The van der Waals surface area contributed by atoms with E-state index in [-0.39, 0.29) is 77.1 Å². The Balaban J connectivity index is 1.36. The fourth-order valence-corrected chi connectivity index (χ4v) is 6.05. The number of amides is 6. The van der Waals surface area contributed by atoms with Crippen LogP contribution in [0.15, 0.2) is 51.7 Å². The number of nitrogens with one attached hydrogen (secondary N) is 5. The van der Waals surface area contributed by atoms with Crippen LogP contribution in [0.1, 0.15) is 80.5 Å². The van der Waals surface area contributed by atoms with Gasteiger partial charge < -0.3 is 46.9 Å². The summed E-state index contributed by atoms with van der Waals surface area (Å²) in [7, 11) is 0. The molecular weight excluding hydrogens is 778 g/mol. The summed E-state index contributed by atoms with van der Waals surface area (Å²) in [4.78, 5) is 99.4. The zero-order chi connectivity index (χ0) is 43.7. The number of hydrogen-bond donors (Lipinski definition) is 8. The molecule has 17 nitrogen and oxygen atoms in total. The molecular formula is C40H44F2N6O11. The first-order valence-electron chi connectivity index (χ1n) is 18.6. The summed E-state index contributed by atoms with van der Waals surface area (Å²) in [5.74, 6) is -8.61. The van der Waals surface area contributed by atoms with Gasteiger partial charge in [0, 0.05) is 47.2 Å². The average Bonchev–Trinajstić information content (AvgIpc) is 3.17. The van der Waals surface area contributed by atoms with Gasteiger partial charge in [-0.05, 0) is 76.3 Å². The third-order valence-electron chi connectivity index (χ3n) is 9.24. The largest absolute Gasteiger partial charge is 0.505 e. The van der Waals surface area contributed by atoms with Crippen molar-refractivity contribution >= 4 is 52.4 Å². The summed E-state index contributed by atoms with van der Waals surface area (Å²) in [6.45, 7) is 6.07. The van der Waals surface area contributed by atoms with Crippen LogP contribution in [0, 0.1) is 11.6 Å². The molecule has 2 aliphatic rings. The lowest BCUT2D eigenvalue weighted by Crippen LogP contribution is -2.56. The van der Waals surface area contributed by atoms with Crippen molar-refractivity contribution in [3.05, 3.63) is 75.4 Å². The van der Waals surface area contributed by atoms with Crippen LogP contribution in [0.5, 0.6) is 5.75 Å². The number of carboxylic acids is 1. The number of nitrogens with two attached hydrogens (primary N) is 1. The Bertz CT molecular complexity index is 2330. The molecule has 0 fully saturated rings. The van der Waals surface area contributed by atoms with Crippen LogP contribution in [-0.4, -0.2) is 82.3 Å². The Morgan fingerprint density at radius 1 is 0.797 bits per heavy atom. The highest BCUT2D eigenvalue weighted by molar-refractivity contribution is 6.09. The second-order valence-corrected chi connectivity index (χ2v) is 13.8. The maximum atomic E-state index is 14.6. The van der Waals surface area contributed by atoms with Gasteiger partial charge in [0.2, 0.25) is 35.0 Å². The predicted octanol–water partition coefficient (Wildman–Crippen LogP) is 2.43. The Morgan fingerprint density at radius 3 is 2.03 bits per heavy atom. The molecule has 0 saturated heterocycles. The lowest BCUT2D eigenvalue weighted by molar-refractivity contribution is -0.133. The number of phenols is 1. The van der Waals surface area contributed by atoms with Crippen molar-refractivity contribution in [2.24, 2.45) is 5.73 Å². The summed E-state index contributed by atoms with van der Waals surface area (Å²) in [6, 6.07) is 2.83. The number of aromatic carboxylic acids is 1. The lowest BCUT2D eigenvalue weighted by Gasteiger charge is -2.22. The summed E-state index contributed by atoms with van der Waals surface area (Å²) in [6.07, 6.45) is 1.45. The van der Waals surface area contributed by atoms with E-state index >= 15 is 0 Å². The van der Waals surface area contributed by atoms with Crippen molar-refractivity contribution in [1.29, 1.82) is 0 Å². The van der Waals surface area contributed by atoms with Crippen LogP contribution < -0.4 is 37.7 Å². The fraction of sp³-hybridized carbons (Fsp3) is 0.350. The van der Waals surface area contributed by atoms with E-state index in [4.69, 9.17) is 10.2 Å². The number of aromatic hydroxyl groups is 1. The first-order valence-corrected chi connectivity index (χ1v) is 18.6. The van der Waals surface area contributed by atoms with Crippen molar-refractivity contribution in [3.63, 3.8) is 0 Å². The molecule has 2 aromatic carbocycles. The van der Waals surface area contributed by atoms with Gasteiger partial charge in [0.25, 0.3) is 5.91 Å². The van der Waals surface area contributed by atoms with Gasteiger partial charge >= 0.3 is 5.97 Å². The number of carbonyl (C=O) groups is 7. The SMILES string of the molecule is CCCC(=O)N[C@@H](C)C(=O)N[C@@H](C)C(=O)N[C@@H](C)C(=O)N[C@@H](CCCCNC(=O)c1ccc(-c2c3cc(F)c(=O)cc-3oc3cc(O)c(F)cc23)c(C(=O)O)c1)C(N)=O. The Morgan fingerprint density at radius 2 is 1.42 bits per heavy atom. The number of unbranched alkanes of at least 4 members (excludes halogenated alkanes) is 1. The van der Waals surface area contributed by atoms with Gasteiger partial charge in [0.05, 0.1) is 5.56 Å². The maximum absolute atomic E-state index is 14.6. The molecule has 1 aliphatic heterocycles. The minimum atomic E-state index is -1.49. The van der Waals surface area contributed by atoms with Crippen LogP contribution in [0.4, 0.5) is 8.78 Å². The van der Waals surface area contributed by atoms with E-state index in [0.29, 0.717) is 6.42 Å². The third kappa shape index (κ3) is 11.1. The van der Waals surface area contributed by atoms with Crippen LogP contribution in [0.25, 0.3) is 33.4 Å². The van der Waals surface area contributed by atoms with E-state index in [9.17, 15) is 57.4 Å². The van der Waals surface area contributed by atoms with Crippen molar-refractivity contribution in [3.8, 4) is 28.2 Å². The minimum Gasteiger partial charge on any atom is -0.505 e. The number of phenolic OH excluding ortho intramolecular Hbond substituents is 1. The molecule has 0 bridgehead atoms. The monoisotopic (exact) mass is 822 g/mol. The van der Waals surface area contributed by atoms with E-state index < -0.39 is 88.0 Å². The zero-order valence-corrected chi connectivity index (χ0v) is 32.5. The molecule has 0 aromatic heterocycles. The highest BCUT2D eigenvalue weighted by Gasteiger charge is 2.27. The molecule has 1 aliphatic carbocycles. The number of carbonyl (C=O) groups excluding carboxylic acids is 6. The number of rotatable bonds is 18. The highest BCUT2D eigenvalue weighted by Crippen LogP contribution is 2.43. The van der Waals surface area contributed by atoms with Gasteiger partial charge in [0.15, 0.2) is 17.4 Å². The zero-order valence-electron chi connectivity index (χ0n) is 32.5. The molecule has 0 spiro atoms. The van der Waals surface area contributed by atoms with Gasteiger partial charge in [-0.15, -0.1) is 0 Å². The summed E-state index contributed by atoms with van der Waals surface area (Å²) < 4.78 is 34.7. The Labute approximate surface area is 335 Å². The number of hydrogen-bond acceptors (Lipinski definition) is 10. The van der Waals surface area contributed by atoms with Crippen LogP contribution >= 0.6 is 0 Å². The first-order chi connectivity index (χ1) is 27.8. The normalized spacial score (nSPS) is 13.1. The van der Waals surface area contributed by atoms with Gasteiger partial charge in [-0.25, -0.2) is 13.6 Å². The molecule has 4 atom stereocenters. The van der Waals surface area contributed by atoms with Gasteiger partial charge in [0.1, 0.15) is 35.5 Å². The van der Waals surface area contributed by atoms with Gasteiger partial charge in [-0.2, -0.15) is 0 Å². The number of primary amides is 1. The lowest BCUT2D eigenvalue weighted by atomic mass is 9.89. The van der Waals surface area contributed by atoms with Crippen molar-refractivity contribution < 1.29 is 57.0 Å². The number of carboxylic acid groups (broad SMARTS) is 1. The first kappa shape index (κ1) is 44.8. The van der Waals surface area contributed by atoms with E-state index in [1.807, 2.05) is 6.92 Å². The fourth-order valence-electron chi connectivity index (χ4n) is 6.05. The molecule has 19 heteroatoms. The predicted molar refractivity (Wildman–Crippen MR) is 208 cm³/mol. The molecule has 0 unspecified atom stereocenters. The van der Waals surface area contributed by atoms with E-state index in [2.05, 4.69) is 26.6 Å². The quantitative estimate of drug-likeness (QED) is 0.0533. The van der Waals surface area contributed by atoms with E-state index in [0.717, 1.165) is 30.3 Å². The Hall–Kier alpha value is -6.92. The minimum absolute atomic E-state index is 0.0325. The number of halogens is 2. The second-order valence-electron chi connectivity index (χ2n) is 13.8. The topological polar surface area (TPSA) is 276 Å². The van der Waals surface area contributed by atoms with Crippen molar-refractivity contribution in [2.45, 2.75) is 84.0 Å². The molecule has 0 radical (unpaired) electrons. The molecule has 4 rings (SSSR count). The third-order valence-corrected chi connectivity index (χ3v) is 9.24. The number of benzene rings is 3. The smallest absolute Gasteiger partial charge is 0.336 e. The Kier molecular flexibility index (Phi) is 14.8. The average molecular weight is 823 g/mol. The van der Waals surface area contributed by atoms with Crippen LogP contribution in [0.2, 0.25) is 0 Å². The highest BCUT2D eigenvalue weighted by atomic mass is 19.1. The summed E-state index contributed by atoms with van der Waals surface area (Å²) in [5.41, 5.74) is 3.64. The molecule has 1 heterocycles. The standard InChI is InChI=1S/C40H44F2N6O11/c1-5-8-33(51)45-18(2)36(53)46-19(3)37(54)47-20(4)38(55)48-28(35(43)52)9-6-7-12-44-39(56)21-10-11-22(23(13-21)40(57)58)34-24-14-26(41)29(49)16-31(24)59-32-17-30(50)27(42)15-25(32)34/h10-11,13-20,28,49H,5-9,12H2,1-4H3,(H2,43,52)(H,44,56)(H,45,51)(H,46,53)(H,47,54)(H,48,55)(H,57,58)/t18-,19-,20-,28-/m0/s1. The molecule has 9 N–H and O–H groups in total. The van der Waals surface area contributed by atoms with Crippen LogP contribution in [-0.2, 0) is 24.0 Å². The van der Waals surface area contributed by atoms with Crippen LogP contribution in [0.3, 0.4) is 0 Å². The number of fused-ring (bicyclic) bond motifs is 2. The molecule has 6 amide bonds. The van der Waals surface area contributed by atoms with E-state index in [1.165, 1.54) is 32.9 Å². The summed E-state index contributed by atoms with van der Waals surface area (Å²) >= 11 is 0. The second kappa shape index (κ2) is 19.5. The maximum Gasteiger partial charge on any atom is 0.336 e. The van der Waals surface area contributed by atoms with Crippen molar-refractivity contribution in [2.75, 3.05) is 6.54 Å². The molecule has 314 valence electrons. The molecule has 2 aromatic rings. The molecule has 0 saturated carbocycles. The van der Waals surface area contributed by atoms with E-state index in [1.54, 1.807) is 0 Å². The van der Waals surface area contributed by atoms with Crippen molar-refractivity contribution in [1.82, 2.24) is 26.6 Å². The molecule has 59 heavy (non-hydrogen) atoms. The summed E-state index contributed by atoms with van der Waals surface area (Å²) in [5, 5.41) is 32.6.